The average Bonchev–Trinajstić information content (AvgIpc) is 3.62. The van der Waals surface area contributed by atoms with Crippen LogP contribution in [0.2, 0.25) is 0 Å². The molecule has 0 atom stereocenters. The molecule has 160 valence electrons. The van der Waals surface area contributed by atoms with Crippen molar-refractivity contribution >= 4 is 21.4 Å². The molecule has 1 aliphatic carbocycles. The maximum atomic E-state index is 13.5. The zero-order valence-electron chi connectivity index (χ0n) is 17.8. The molecule has 6 nitrogen and oxygen atoms in total. The van der Waals surface area contributed by atoms with Crippen LogP contribution in [-0.4, -0.2) is 56.0 Å². The lowest BCUT2D eigenvalue weighted by Crippen LogP contribution is -2.30. The maximum absolute atomic E-state index is 13.5. The third-order valence-corrected chi connectivity index (χ3v) is 7.81. The summed E-state index contributed by atoms with van der Waals surface area (Å²) >= 11 is 0. The van der Waals surface area contributed by atoms with E-state index in [1.165, 1.54) is 6.07 Å². The molecule has 2 aliphatic heterocycles. The van der Waals surface area contributed by atoms with Crippen molar-refractivity contribution < 1.29 is 18.0 Å². The van der Waals surface area contributed by atoms with Gasteiger partial charge in [0.25, 0.3) is 0 Å². The van der Waals surface area contributed by atoms with Gasteiger partial charge >= 0.3 is 0 Å². The quantitative estimate of drug-likeness (QED) is 0.686. The van der Waals surface area contributed by atoms with Gasteiger partial charge in [0.2, 0.25) is 21.4 Å². The Morgan fingerprint density at radius 3 is 1.84 bits per heavy atom. The first kappa shape index (κ1) is 20.0. The number of carbonyl (C=O) groups is 2. The number of nitrogens with zero attached hydrogens (tertiary/aromatic N) is 2. The molecular weight excluding hydrogens is 412 g/mol. The lowest BCUT2D eigenvalue weighted by Gasteiger charge is -2.24. The molecule has 0 radical (unpaired) electrons. The van der Waals surface area contributed by atoms with Gasteiger partial charge in [-0.05, 0) is 29.2 Å². The molecule has 3 aliphatic rings. The number of carbonyl (C=O) groups excluding carboxylic acids is 2. The Labute approximate surface area is 182 Å². The fourth-order valence-electron chi connectivity index (χ4n) is 4.03. The van der Waals surface area contributed by atoms with Crippen LogP contribution in [0.5, 0.6) is 0 Å². The molecular formula is C24H24N2O4S. The SMILES string of the molecule is CC(C)(C)c1ccc(S(=O)(=O)c2cccc3c2C(=O)C(N2CC2)=C(N2CC2)C3=O)cc1. The largest absolute Gasteiger partial charge is 0.363 e. The minimum atomic E-state index is -3.98. The van der Waals surface area contributed by atoms with Crippen molar-refractivity contribution in [3.63, 3.8) is 0 Å². The third-order valence-electron chi connectivity index (χ3n) is 6.00. The molecule has 0 unspecified atom stereocenters. The number of benzene rings is 2. The van der Waals surface area contributed by atoms with Crippen molar-refractivity contribution in [2.45, 2.75) is 36.0 Å². The van der Waals surface area contributed by atoms with Gasteiger partial charge in [0.15, 0.2) is 0 Å². The Bertz CT molecular complexity index is 1260. The Kier molecular flexibility index (Phi) is 4.21. The Hall–Kier alpha value is -2.93. The Morgan fingerprint density at radius 1 is 0.774 bits per heavy atom. The lowest BCUT2D eigenvalue weighted by atomic mass is 9.87. The van der Waals surface area contributed by atoms with Gasteiger partial charge < -0.3 is 9.80 Å². The van der Waals surface area contributed by atoms with Crippen LogP contribution < -0.4 is 0 Å². The molecule has 0 amide bonds. The molecule has 7 heteroatoms. The number of rotatable bonds is 4. The molecule has 0 aromatic heterocycles. The number of fused-ring (bicyclic) bond motifs is 1. The van der Waals surface area contributed by atoms with Gasteiger partial charge in [-0.2, -0.15) is 0 Å². The van der Waals surface area contributed by atoms with Crippen molar-refractivity contribution in [1.29, 1.82) is 0 Å². The van der Waals surface area contributed by atoms with E-state index in [9.17, 15) is 18.0 Å². The highest BCUT2D eigenvalue weighted by Crippen LogP contribution is 2.39. The first-order valence-corrected chi connectivity index (χ1v) is 11.9. The van der Waals surface area contributed by atoms with Crippen LogP contribution in [0.15, 0.2) is 63.6 Å². The molecule has 5 rings (SSSR count). The lowest BCUT2D eigenvalue weighted by molar-refractivity contribution is 0.0943. The Morgan fingerprint density at radius 2 is 1.32 bits per heavy atom. The Balaban J connectivity index is 1.65. The molecule has 2 heterocycles. The van der Waals surface area contributed by atoms with Gasteiger partial charge in [0, 0.05) is 31.7 Å². The third kappa shape index (κ3) is 3.19. The topological polar surface area (TPSA) is 74.3 Å². The first-order valence-electron chi connectivity index (χ1n) is 10.4. The van der Waals surface area contributed by atoms with Crippen LogP contribution in [0.3, 0.4) is 0 Å². The van der Waals surface area contributed by atoms with Crippen LogP contribution in [0.25, 0.3) is 0 Å². The van der Waals surface area contributed by atoms with Crippen molar-refractivity contribution in [1.82, 2.24) is 9.80 Å². The summed E-state index contributed by atoms with van der Waals surface area (Å²) in [5.74, 6) is -0.645. The van der Waals surface area contributed by atoms with Crippen LogP contribution in [-0.2, 0) is 15.3 Å². The summed E-state index contributed by atoms with van der Waals surface area (Å²) in [7, 11) is -3.98. The molecule has 0 bridgehead atoms. The minimum Gasteiger partial charge on any atom is -0.363 e. The molecule has 2 fully saturated rings. The van der Waals surface area contributed by atoms with E-state index in [1.54, 1.807) is 36.4 Å². The number of hydrogen-bond acceptors (Lipinski definition) is 6. The first-order chi connectivity index (χ1) is 14.6. The van der Waals surface area contributed by atoms with Crippen LogP contribution in [0.4, 0.5) is 0 Å². The van der Waals surface area contributed by atoms with Crippen molar-refractivity contribution in [2.75, 3.05) is 26.2 Å². The molecule has 2 aromatic carbocycles. The van der Waals surface area contributed by atoms with Gasteiger partial charge in [0.05, 0.1) is 15.4 Å². The second kappa shape index (κ2) is 6.53. The van der Waals surface area contributed by atoms with Gasteiger partial charge in [-0.25, -0.2) is 8.42 Å². The predicted molar refractivity (Wildman–Crippen MR) is 116 cm³/mol. The smallest absolute Gasteiger partial charge is 0.213 e. The average molecular weight is 437 g/mol. The number of ketones is 2. The van der Waals surface area contributed by atoms with Gasteiger partial charge in [-0.1, -0.05) is 45.0 Å². The number of sulfone groups is 1. The summed E-state index contributed by atoms with van der Waals surface area (Å²) in [5, 5.41) is 0. The van der Waals surface area contributed by atoms with E-state index in [4.69, 9.17) is 0 Å². The monoisotopic (exact) mass is 436 g/mol. The maximum Gasteiger partial charge on any atom is 0.213 e. The van der Waals surface area contributed by atoms with E-state index in [-0.39, 0.29) is 37.9 Å². The van der Waals surface area contributed by atoms with E-state index < -0.39 is 9.84 Å². The molecule has 2 saturated heterocycles. The highest BCUT2D eigenvalue weighted by molar-refractivity contribution is 7.91. The molecule has 2 aromatic rings. The van der Waals surface area contributed by atoms with Crippen molar-refractivity contribution in [3.05, 3.63) is 70.5 Å². The fraction of sp³-hybridized carbons (Fsp3) is 0.333. The van der Waals surface area contributed by atoms with Crippen molar-refractivity contribution in [3.8, 4) is 0 Å². The minimum absolute atomic E-state index is 0.0000945. The number of hydrogen-bond donors (Lipinski definition) is 0. The van der Waals surface area contributed by atoms with Crippen LogP contribution >= 0.6 is 0 Å². The summed E-state index contributed by atoms with van der Waals surface area (Å²) in [6, 6.07) is 11.3. The summed E-state index contributed by atoms with van der Waals surface area (Å²) in [6.45, 7) is 9.04. The van der Waals surface area contributed by atoms with E-state index in [2.05, 4.69) is 20.8 Å². The van der Waals surface area contributed by atoms with E-state index in [1.807, 2.05) is 9.80 Å². The molecule has 0 spiro atoms. The normalized spacial score (nSPS) is 18.4. The predicted octanol–water partition coefficient (Wildman–Crippen LogP) is 3.04. The highest BCUT2D eigenvalue weighted by atomic mass is 32.2. The number of allylic oxidation sites excluding steroid dienone is 2. The van der Waals surface area contributed by atoms with E-state index in [0.717, 1.165) is 18.7 Å². The molecule has 0 saturated carbocycles. The summed E-state index contributed by atoms with van der Waals surface area (Å²) in [5.41, 5.74) is 1.84. The summed E-state index contributed by atoms with van der Waals surface area (Å²) in [4.78, 5) is 30.5. The standard InChI is InChI=1S/C24H24N2O4S/c1-24(2,3)15-7-9-16(10-8-15)31(29,30)18-6-4-5-17-19(18)23(28)21(26-13-14-26)20(22(17)27)25-11-12-25/h4-10H,11-14H2,1-3H3. The van der Waals surface area contributed by atoms with Gasteiger partial charge in [-0.15, -0.1) is 0 Å². The molecule has 31 heavy (non-hydrogen) atoms. The van der Waals surface area contributed by atoms with Crippen LogP contribution in [0.1, 0.15) is 47.1 Å². The van der Waals surface area contributed by atoms with E-state index in [0.29, 0.717) is 24.5 Å². The highest BCUT2D eigenvalue weighted by Gasteiger charge is 2.45. The second-order valence-electron chi connectivity index (χ2n) is 9.29. The van der Waals surface area contributed by atoms with E-state index >= 15 is 0 Å². The van der Waals surface area contributed by atoms with Gasteiger partial charge in [-0.3, -0.25) is 9.59 Å². The molecule has 0 N–H and O–H groups in total. The summed E-state index contributed by atoms with van der Waals surface area (Å²) < 4.78 is 27.1. The van der Waals surface area contributed by atoms with Crippen LogP contribution in [0, 0.1) is 0 Å². The van der Waals surface area contributed by atoms with Gasteiger partial charge in [0.1, 0.15) is 11.4 Å². The zero-order valence-corrected chi connectivity index (χ0v) is 18.6. The summed E-state index contributed by atoms with van der Waals surface area (Å²) in [6.07, 6.45) is 0. The van der Waals surface area contributed by atoms with Crippen molar-refractivity contribution in [2.24, 2.45) is 0 Å². The fourth-order valence-corrected chi connectivity index (χ4v) is 5.51. The zero-order chi connectivity index (χ0) is 22.1. The number of Topliss-reactive ketones (excluding diaryl/α,β-unsaturated/α-hetero) is 2. The second-order valence-corrected chi connectivity index (χ2v) is 11.2.